The molecule has 2 aromatic rings. The topological polar surface area (TPSA) is 64.4 Å². The van der Waals surface area contributed by atoms with E-state index < -0.39 is 10.0 Å². The third-order valence-electron chi connectivity index (χ3n) is 3.69. The molecule has 1 fully saturated rings. The van der Waals surface area contributed by atoms with Gasteiger partial charge in [-0.2, -0.15) is 9.57 Å². The minimum atomic E-state index is -3.38. The molecule has 22 heavy (non-hydrogen) atoms. The molecular formula is C15H15N3O2S2. The summed E-state index contributed by atoms with van der Waals surface area (Å²) in [5.41, 5.74) is 1.50. The zero-order valence-corrected chi connectivity index (χ0v) is 13.5. The Morgan fingerprint density at radius 2 is 1.77 bits per heavy atom. The molecule has 2 heterocycles. The Bertz CT molecular complexity index is 786. The average molecular weight is 333 g/mol. The van der Waals surface area contributed by atoms with Crippen molar-refractivity contribution in [2.75, 3.05) is 31.1 Å². The fourth-order valence-corrected chi connectivity index (χ4v) is 5.12. The van der Waals surface area contributed by atoms with Gasteiger partial charge in [0.2, 0.25) is 0 Å². The summed E-state index contributed by atoms with van der Waals surface area (Å²) in [5.74, 6) is 0. The van der Waals surface area contributed by atoms with Crippen molar-refractivity contribution in [3.05, 3.63) is 47.3 Å². The Hall–Kier alpha value is -1.88. The largest absolute Gasteiger partial charge is 0.368 e. The molecule has 0 saturated carbocycles. The maximum atomic E-state index is 12.5. The third kappa shape index (κ3) is 2.73. The van der Waals surface area contributed by atoms with Gasteiger partial charge in [-0.3, -0.25) is 0 Å². The van der Waals surface area contributed by atoms with E-state index >= 15 is 0 Å². The summed E-state index contributed by atoms with van der Waals surface area (Å²) in [6.07, 6.45) is 0. The van der Waals surface area contributed by atoms with E-state index in [0.29, 0.717) is 36.0 Å². The van der Waals surface area contributed by atoms with Crippen LogP contribution in [0.2, 0.25) is 0 Å². The number of benzene rings is 1. The van der Waals surface area contributed by atoms with Crippen molar-refractivity contribution in [3.8, 4) is 6.07 Å². The van der Waals surface area contributed by atoms with Crippen molar-refractivity contribution in [1.29, 1.82) is 5.26 Å². The average Bonchev–Trinajstić information content (AvgIpc) is 3.10. The summed E-state index contributed by atoms with van der Waals surface area (Å²) >= 11 is 1.24. The van der Waals surface area contributed by atoms with Gasteiger partial charge < -0.3 is 4.90 Å². The number of hydrogen-bond acceptors (Lipinski definition) is 5. The molecule has 0 radical (unpaired) electrons. The van der Waals surface area contributed by atoms with Crippen LogP contribution in [0.25, 0.3) is 0 Å². The van der Waals surface area contributed by atoms with E-state index in [2.05, 4.69) is 11.0 Å². The lowest BCUT2D eigenvalue weighted by Gasteiger charge is -2.35. The summed E-state index contributed by atoms with van der Waals surface area (Å²) in [6, 6.07) is 13.0. The van der Waals surface area contributed by atoms with E-state index in [0.717, 1.165) is 5.69 Å². The second-order valence-corrected chi connectivity index (χ2v) is 8.06. The first-order valence-electron chi connectivity index (χ1n) is 6.90. The lowest BCUT2D eigenvalue weighted by Crippen LogP contribution is -2.48. The molecule has 1 aromatic carbocycles. The minimum Gasteiger partial charge on any atom is -0.368 e. The van der Waals surface area contributed by atoms with Gasteiger partial charge in [0, 0.05) is 26.2 Å². The maximum Gasteiger partial charge on any atom is 0.252 e. The molecule has 3 rings (SSSR count). The Kier molecular flexibility index (Phi) is 4.16. The smallest absolute Gasteiger partial charge is 0.252 e. The zero-order chi connectivity index (χ0) is 15.6. The van der Waals surface area contributed by atoms with Gasteiger partial charge in [0.15, 0.2) is 0 Å². The molecule has 1 aromatic heterocycles. The lowest BCUT2D eigenvalue weighted by molar-refractivity contribution is 0.386. The number of anilines is 1. The van der Waals surface area contributed by atoms with Crippen LogP contribution in [0.3, 0.4) is 0 Å². The summed E-state index contributed by atoms with van der Waals surface area (Å²) in [7, 11) is -3.38. The monoisotopic (exact) mass is 333 g/mol. The molecule has 0 amide bonds. The molecule has 1 saturated heterocycles. The number of sulfonamides is 1. The van der Waals surface area contributed by atoms with E-state index in [1.165, 1.54) is 15.6 Å². The van der Waals surface area contributed by atoms with Crippen molar-refractivity contribution in [1.82, 2.24) is 4.31 Å². The molecule has 0 bridgehead atoms. The minimum absolute atomic E-state index is 0.387. The van der Waals surface area contributed by atoms with Crippen molar-refractivity contribution >= 4 is 27.0 Å². The number of piperazine rings is 1. The predicted octanol–water partition coefficient (Wildman–Crippen LogP) is 2.13. The highest BCUT2D eigenvalue weighted by Crippen LogP contribution is 2.25. The van der Waals surface area contributed by atoms with E-state index in [-0.39, 0.29) is 0 Å². The summed E-state index contributed by atoms with van der Waals surface area (Å²) in [6.45, 7) is 2.03. The Morgan fingerprint density at radius 3 is 2.41 bits per heavy atom. The highest BCUT2D eigenvalue weighted by molar-refractivity contribution is 7.91. The quantitative estimate of drug-likeness (QED) is 0.863. The van der Waals surface area contributed by atoms with Crippen LogP contribution >= 0.6 is 11.3 Å². The van der Waals surface area contributed by atoms with E-state index in [9.17, 15) is 13.7 Å². The molecule has 114 valence electrons. The van der Waals surface area contributed by atoms with Gasteiger partial charge >= 0.3 is 0 Å². The first-order valence-corrected chi connectivity index (χ1v) is 9.22. The molecule has 0 N–H and O–H groups in total. The highest BCUT2D eigenvalue weighted by atomic mass is 32.2. The number of nitriles is 1. The van der Waals surface area contributed by atoms with Gasteiger partial charge in [0.1, 0.15) is 10.3 Å². The van der Waals surface area contributed by atoms with Gasteiger partial charge in [-0.15, -0.1) is 11.3 Å². The van der Waals surface area contributed by atoms with Crippen LogP contribution in [0.15, 0.2) is 46.0 Å². The summed E-state index contributed by atoms with van der Waals surface area (Å²) in [4.78, 5) is 2.07. The van der Waals surface area contributed by atoms with Gasteiger partial charge in [-0.05, 0) is 23.6 Å². The van der Waals surface area contributed by atoms with Crippen molar-refractivity contribution in [3.63, 3.8) is 0 Å². The highest BCUT2D eigenvalue weighted by Gasteiger charge is 2.29. The molecule has 7 heteroatoms. The van der Waals surface area contributed by atoms with Crippen LogP contribution in [-0.2, 0) is 10.0 Å². The van der Waals surface area contributed by atoms with Gasteiger partial charge in [-0.25, -0.2) is 8.42 Å². The molecule has 5 nitrogen and oxygen atoms in total. The van der Waals surface area contributed by atoms with Crippen LogP contribution < -0.4 is 4.90 Å². The number of para-hydroxylation sites is 1. The number of thiophene rings is 1. The summed E-state index contributed by atoms with van der Waals surface area (Å²) < 4.78 is 26.9. The molecule has 0 aliphatic carbocycles. The van der Waals surface area contributed by atoms with Crippen LogP contribution in [0.5, 0.6) is 0 Å². The molecular weight excluding hydrogens is 318 g/mol. The Labute approximate surface area is 134 Å². The van der Waals surface area contributed by atoms with Crippen LogP contribution in [0.1, 0.15) is 5.56 Å². The SMILES string of the molecule is N#Cc1ccccc1N1CCN(S(=O)(=O)c2cccs2)CC1. The van der Waals surface area contributed by atoms with Crippen molar-refractivity contribution in [2.24, 2.45) is 0 Å². The second-order valence-electron chi connectivity index (χ2n) is 4.95. The predicted molar refractivity (Wildman–Crippen MR) is 86.4 cm³/mol. The van der Waals surface area contributed by atoms with E-state index in [4.69, 9.17) is 0 Å². The lowest BCUT2D eigenvalue weighted by atomic mass is 10.1. The van der Waals surface area contributed by atoms with Crippen LogP contribution in [0.4, 0.5) is 5.69 Å². The molecule has 0 unspecified atom stereocenters. The zero-order valence-electron chi connectivity index (χ0n) is 11.8. The normalized spacial score (nSPS) is 16.4. The number of nitrogens with zero attached hydrogens (tertiary/aromatic N) is 3. The molecule has 1 aliphatic rings. The molecule has 0 atom stereocenters. The molecule has 0 spiro atoms. The second kappa shape index (κ2) is 6.08. The maximum absolute atomic E-state index is 12.5. The van der Waals surface area contributed by atoms with E-state index in [1.807, 2.05) is 18.2 Å². The third-order valence-corrected chi connectivity index (χ3v) is 6.96. The van der Waals surface area contributed by atoms with Crippen LogP contribution in [0, 0.1) is 11.3 Å². The number of rotatable bonds is 3. The fraction of sp³-hybridized carbons (Fsp3) is 0.267. The first-order chi connectivity index (χ1) is 10.6. The van der Waals surface area contributed by atoms with Crippen LogP contribution in [-0.4, -0.2) is 38.9 Å². The van der Waals surface area contributed by atoms with Crippen molar-refractivity contribution in [2.45, 2.75) is 4.21 Å². The van der Waals surface area contributed by atoms with E-state index in [1.54, 1.807) is 23.6 Å². The van der Waals surface area contributed by atoms with Gasteiger partial charge in [0.05, 0.1) is 11.3 Å². The fourth-order valence-electron chi connectivity index (χ4n) is 2.55. The van der Waals surface area contributed by atoms with Crippen molar-refractivity contribution < 1.29 is 8.42 Å². The standard InChI is InChI=1S/C15H15N3O2S2/c16-12-13-4-1-2-5-14(13)17-7-9-18(10-8-17)22(19,20)15-6-3-11-21-15/h1-6,11H,7-10H2. The van der Waals surface area contributed by atoms with Gasteiger partial charge in [0.25, 0.3) is 10.0 Å². The van der Waals surface area contributed by atoms with Gasteiger partial charge in [-0.1, -0.05) is 18.2 Å². The Balaban J connectivity index is 1.75. The Morgan fingerprint density at radius 1 is 1.05 bits per heavy atom. The molecule has 1 aliphatic heterocycles. The first kappa shape index (κ1) is 15.0. The number of hydrogen-bond donors (Lipinski definition) is 0. The summed E-state index contributed by atoms with van der Waals surface area (Å²) in [5, 5.41) is 10.9.